The first-order chi connectivity index (χ1) is 16.1. The average Bonchev–Trinajstić information content (AvgIpc) is 3.36. The molecule has 1 aliphatic heterocycles. The Bertz CT molecular complexity index is 1300. The van der Waals surface area contributed by atoms with Gasteiger partial charge in [-0.25, -0.2) is 4.98 Å². The van der Waals surface area contributed by atoms with E-state index in [-0.39, 0.29) is 11.3 Å². The van der Waals surface area contributed by atoms with Crippen molar-refractivity contribution in [1.82, 2.24) is 9.88 Å². The molecule has 2 aromatic heterocycles. The summed E-state index contributed by atoms with van der Waals surface area (Å²) in [6.07, 6.45) is 3.02. The highest BCUT2D eigenvalue weighted by Gasteiger charge is 2.31. The summed E-state index contributed by atoms with van der Waals surface area (Å²) in [5, 5.41) is 6.18. The number of carbonyl (C=O) groups excluding carboxylic acids is 1. The SMILES string of the molecule is COc1ccc2nc3cc(Cl)ccc3c(NCCCN3C(=O)CCSC3c3ccco3)c2c1. The summed E-state index contributed by atoms with van der Waals surface area (Å²) in [6, 6.07) is 15.4. The fourth-order valence-electron chi connectivity index (χ4n) is 4.21. The Labute approximate surface area is 201 Å². The minimum atomic E-state index is -0.0600. The van der Waals surface area contributed by atoms with Crippen LogP contribution in [-0.2, 0) is 4.79 Å². The number of nitrogens with one attached hydrogen (secondary N) is 1. The maximum atomic E-state index is 12.6. The van der Waals surface area contributed by atoms with E-state index in [1.807, 2.05) is 53.4 Å². The van der Waals surface area contributed by atoms with Gasteiger partial charge < -0.3 is 19.4 Å². The number of pyridine rings is 1. The lowest BCUT2D eigenvalue weighted by Crippen LogP contribution is -2.38. The van der Waals surface area contributed by atoms with Crippen molar-refractivity contribution in [2.75, 3.05) is 31.3 Å². The third-order valence-electron chi connectivity index (χ3n) is 5.80. The van der Waals surface area contributed by atoms with Crippen LogP contribution in [0, 0.1) is 0 Å². The van der Waals surface area contributed by atoms with E-state index in [2.05, 4.69) is 5.32 Å². The van der Waals surface area contributed by atoms with Crippen molar-refractivity contribution < 1.29 is 13.9 Å². The summed E-state index contributed by atoms with van der Waals surface area (Å²) in [7, 11) is 1.66. The minimum absolute atomic E-state index is 0.0600. The molecular weight excluding hydrogens is 458 g/mol. The van der Waals surface area contributed by atoms with Crippen molar-refractivity contribution in [3.63, 3.8) is 0 Å². The van der Waals surface area contributed by atoms with Crippen LogP contribution < -0.4 is 10.1 Å². The number of anilines is 1. The third kappa shape index (κ3) is 4.48. The lowest BCUT2D eigenvalue weighted by molar-refractivity contribution is -0.132. The number of fused-ring (bicyclic) bond motifs is 2. The van der Waals surface area contributed by atoms with Crippen LogP contribution in [0.3, 0.4) is 0 Å². The van der Waals surface area contributed by atoms with Crippen LogP contribution in [0.15, 0.2) is 59.2 Å². The molecule has 1 N–H and O–H groups in total. The molecule has 1 atom stereocenters. The molecule has 0 spiro atoms. The van der Waals surface area contributed by atoms with Gasteiger partial charge in [-0.05, 0) is 55.0 Å². The summed E-state index contributed by atoms with van der Waals surface area (Å²) < 4.78 is 11.0. The molecule has 170 valence electrons. The highest BCUT2D eigenvalue weighted by Crippen LogP contribution is 2.38. The number of benzene rings is 2. The fraction of sp³-hybridized carbons (Fsp3) is 0.280. The predicted molar refractivity (Wildman–Crippen MR) is 134 cm³/mol. The molecule has 0 radical (unpaired) electrons. The quantitative estimate of drug-likeness (QED) is 0.254. The van der Waals surface area contributed by atoms with E-state index >= 15 is 0 Å². The number of methoxy groups -OCH3 is 1. The van der Waals surface area contributed by atoms with Gasteiger partial charge in [0.25, 0.3) is 0 Å². The lowest BCUT2D eigenvalue weighted by Gasteiger charge is -2.34. The Kier molecular flexibility index (Phi) is 6.33. The molecule has 0 aliphatic carbocycles. The minimum Gasteiger partial charge on any atom is -0.497 e. The zero-order valence-corrected chi connectivity index (χ0v) is 19.8. The maximum absolute atomic E-state index is 12.6. The fourth-order valence-corrected chi connectivity index (χ4v) is 5.59. The van der Waals surface area contributed by atoms with Crippen molar-refractivity contribution in [2.24, 2.45) is 0 Å². The molecule has 5 rings (SSSR count). The number of amides is 1. The zero-order valence-electron chi connectivity index (χ0n) is 18.2. The van der Waals surface area contributed by atoms with Crippen LogP contribution in [0.1, 0.15) is 24.0 Å². The monoisotopic (exact) mass is 481 g/mol. The largest absolute Gasteiger partial charge is 0.497 e. The molecule has 33 heavy (non-hydrogen) atoms. The van der Waals surface area contributed by atoms with Gasteiger partial charge in [0.1, 0.15) is 16.9 Å². The number of nitrogens with zero attached hydrogens (tertiary/aromatic N) is 2. The molecule has 2 aromatic carbocycles. The Morgan fingerprint density at radius 1 is 1.21 bits per heavy atom. The lowest BCUT2D eigenvalue weighted by atomic mass is 10.1. The van der Waals surface area contributed by atoms with E-state index in [1.54, 1.807) is 25.1 Å². The van der Waals surface area contributed by atoms with Crippen molar-refractivity contribution >= 4 is 56.8 Å². The van der Waals surface area contributed by atoms with Crippen LogP contribution in [-0.4, -0.2) is 41.7 Å². The molecule has 6 nitrogen and oxygen atoms in total. The van der Waals surface area contributed by atoms with E-state index < -0.39 is 0 Å². The average molecular weight is 482 g/mol. The second-order valence-corrected chi connectivity index (χ2v) is 9.51. The molecule has 1 amide bonds. The Morgan fingerprint density at radius 3 is 2.94 bits per heavy atom. The highest BCUT2D eigenvalue weighted by atomic mass is 35.5. The number of carbonyl (C=O) groups is 1. The summed E-state index contributed by atoms with van der Waals surface area (Å²) in [6.45, 7) is 1.35. The standard InChI is InChI=1S/C25H24ClN3O3S/c1-31-17-6-8-20-19(15-17)24(18-7-5-16(26)14-21(18)28-20)27-10-3-11-29-23(30)9-13-33-25(29)22-4-2-12-32-22/h2,4-8,12,14-15,25H,3,9-11,13H2,1H3,(H,27,28). The number of rotatable bonds is 7. The van der Waals surface area contributed by atoms with Gasteiger partial charge in [-0.1, -0.05) is 11.6 Å². The molecule has 3 heterocycles. The summed E-state index contributed by atoms with van der Waals surface area (Å²) in [4.78, 5) is 19.3. The molecule has 8 heteroatoms. The summed E-state index contributed by atoms with van der Waals surface area (Å²) in [5.41, 5.74) is 2.70. The molecule has 0 bridgehead atoms. The number of aromatic nitrogens is 1. The number of furan rings is 1. The molecule has 1 fully saturated rings. The van der Waals surface area contributed by atoms with Crippen molar-refractivity contribution in [2.45, 2.75) is 18.2 Å². The highest BCUT2D eigenvalue weighted by molar-refractivity contribution is 7.99. The second-order valence-electron chi connectivity index (χ2n) is 7.89. The predicted octanol–water partition coefficient (Wildman–Crippen LogP) is 6.11. The van der Waals surface area contributed by atoms with Gasteiger partial charge in [0.2, 0.25) is 5.91 Å². The topological polar surface area (TPSA) is 67.6 Å². The van der Waals surface area contributed by atoms with Crippen molar-refractivity contribution in [1.29, 1.82) is 0 Å². The number of thioether (sulfide) groups is 1. The van der Waals surface area contributed by atoms with Gasteiger partial charge in [0.15, 0.2) is 0 Å². The first-order valence-electron chi connectivity index (χ1n) is 10.9. The molecule has 1 aliphatic rings. The first-order valence-corrected chi connectivity index (χ1v) is 12.3. The second kappa shape index (κ2) is 9.53. The molecule has 1 saturated heterocycles. The Hall–Kier alpha value is -2.90. The number of hydrogen-bond acceptors (Lipinski definition) is 6. The number of halogens is 1. The molecule has 1 unspecified atom stereocenters. The smallest absolute Gasteiger partial charge is 0.224 e. The zero-order chi connectivity index (χ0) is 22.8. The molecule has 0 saturated carbocycles. The van der Waals surface area contributed by atoms with Crippen molar-refractivity contribution in [3.8, 4) is 5.75 Å². The van der Waals surface area contributed by atoms with E-state index in [1.165, 1.54) is 0 Å². The van der Waals surface area contributed by atoms with Gasteiger partial charge >= 0.3 is 0 Å². The van der Waals surface area contributed by atoms with E-state index in [0.29, 0.717) is 24.5 Å². The van der Waals surface area contributed by atoms with Gasteiger partial charge in [0, 0.05) is 41.1 Å². The molecule has 4 aromatic rings. The van der Waals surface area contributed by atoms with Gasteiger partial charge in [0.05, 0.1) is 30.1 Å². The number of ether oxygens (including phenoxy) is 1. The van der Waals surface area contributed by atoms with E-state index in [4.69, 9.17) is 25.7 Å². The van der Waals surface area contributed by atoms with E-state index in [9.17, 15) is 4.79 Å². The van der Waals surface area contributed by atoms with Crippen LogP contribution >= 0.6 is 23.4 Å². The van der Waals surface area contributed by atoms with Gasteiger partial charge in [-0.2, -0.15) is 0 Å². The van der Waals surface area contributed by atoms with E-state index in [0.717, 1.165) is 51.2 Å². The van der Waals surface area contributed by atoms with Crippen molar-refractivity contribution in [3.05, 3.63) is 65.6 Å². The molecular formula is C25H24ClN3O3S. The van der Waals surface area contributed by atoms with Crippen LogP contribution in [0.2, 0.25) is 5.02 Å². The van der Waals surface area contributed by atoms with Gasteiger partial charge in [-0.15, -0.1) is 11.8 Å². The van der Waals surface area contributed by atoms with Crippen LogP contribution in [0.25, 0.3) is 21.8 Å². The third-order valence-corrected chi connectivity index (χ3v) is 7.28. The summed E-state index contributed by atoms with van der Waals surface area (Å²) >= 11 is 7.98. The number of hydrogen-bond donors (Lipinski definition) is 1. The maximum Gasteiger partial charge on any atom is 0.224 e. The van der Waals surface area contributed by atoms with Gasteiger partial charge in [-0.3, -0.25) is 4.79 Å². The van der Waals surface area contributed by atoms with Crippen LogP contribution in [0.5, 0.6) is 5.75 Å². The normalized spacial score (nSPS) is 16.5. The van der Waals surface area contributed by atoms with Crippen LogP contribution in [0.4, 0.5) is 5.69 Å². The Morgan fingerprint density at radius 2 is 2.12 bits per heavy atom. The Balaban J connectivity index is 1.38. The summed E-state index contributed by atoms with van der Waals surface area (Å²) in [5.74, 6) is 2.60. The first kappa shape index (κ1) is 21.9.